The number of alkyl halides is 3. The third-order valence-corrected chi connectivity index (χ3v) is 6.54. The summed E-state index contributed by atoms with van der Waals surface area (Å²) in [4.78, 5) is 25.6. The average Bonchev–Trinajstić information content (AvgIpc) is 3.55. The topological polar surface area (TPSA) is 58.6 Å². The van der Waals surface area contributed by atoms with Crippen molar-refractivity contribution in [2.75, 3.05) is 13.2 Å². The Morgan fingerprint density at radius 1 is 1.03 bits per heavy atom. The zero-order valence-corrected chi connectivity index (χ0v) is 17.6. The van der Waals surface area contributed by atoms with Crippen molar-refractivity contribution in [3.8, 4) is 5.88 Å². The van der Waals surface area contributed by atoms with Crippen LogP contribution in [-0.2, 0) is 17.4 Å². The SMILES string of the molecule is O=C(Cc1ccc(C(F)(F)F)cc1)N1CC[C@@H]2CC[C@H](Oc3cnc(C4CC4)cn3)N2C1. The number of ether oxygens (including phenoxy) is 1. The second-order valence-corrected chi connectivity index (χ2v) is 8.83. The number of fused-ring (bicyclic) bond motifs is 1. The van der Waals surface area contributed by atoms with Crippen LogP contribution in [0.25, 0.3) is 0 Å². The molecule has 2 aliphatic heterocycles. The van der Waals surface area contributed by atoms with Crippen molar-refractivity contribution in [3.63, 3.8) is 0 Å². The molecular weight excluding hydrogens is 421 g/mol. The molecule has 3 aliphatic rings. The number of carbonyl (C=O) groups excluding carboxylic acids is 1. The molecule has 1 aromatic carbocycles. The molecule has 170 valence electrons. The van der Waals surface area contributed by atoms with Crippen LogP contribution >= 0.6 is 0 Å². The highest BCUT2D eigenvalue weighted by Crippen LogP contribution is 2.39. The van der Waals surface area contributed by atoms with Gasteiger partial charge in [-0.2, -0.15) is 13.2 Å². The Morgan fingerprint density at radius 2 is 1.81 bits per heavy atom. The van der Waals surface area contributed by atoms with E-state index in [9.17, 15) is 18.0 Å². The largest absolute Gasteiger partial charge is 0.457 e. The van der Waals surface area contributed by atoms with Gasteiger partial charge in [0.15, 0.2) is 6.23 Å². The molecular formula is C23H25F3N4O2. The minimum absolute atomic E-state index is 0.0796. The Hall–Kier alpha value is -2.68. The summed E-state index contributed by atoms with van der Waals surface area (Å²) in [5.74, 6) is 0.939. The summed E-state index contributed by atoms with van der Waals surface area (Å²) in [7, 11) is 0. The van der Waals surface area contributed by atoms with Gasteiger partial charge in [0.25, 0.3) is 0 Å². The second-order valence-electron chi connectivity index (χ2n) is 8.83. The lowest BCUT2D eigenvalue weighted by atomic mass is 10.1. The van der Waals surface area contributed by atoms with Gasteiger partial charge in [-0.05, 0) is 49.8 Å². The van der Waals surface area contributed by atoms with Gasteiger partial charge < -0.3 is 9.64 Å². The first kappa shape index (κ1) is 21.2. The molecule has 0 spiro atoms. The quantitative estimate of drug-likeness (QED) is 0.696. The Kier molecular flexibility index (Phi) is 5.53. The summed E-state index contributed by atoms with van der Waals surface area (Å²) in [5.41, 5.74) is 0.880. The van der Waals surface area contributed by atoms with Crippen molar-refractivity contribution in [1.82, 2.24) is 19.8 Å². The van der Waals surface area contributed by atoms with Crippen molar-refractivity contribution in [1.29, 1.82) is 0 Å². The number of hydrogen-bond donors (Lipinski definition) is 0. The van der Waals surface area contributed by atoms with Crippen LogP contribution in [0.2, 0.25) is 0 Å². The third kappa shape index (κ3) is 4.57. The lowest BCUT2D eigenvalue weighted by molar-refractivity contribution is -0.138. The maximum atomic E-state index is 12.8. The van der Waals surface area contributed by atoms with Gasteiger partial charge in [-0.3, -0.25) is 9.78 Å². The molecule has 0 N–H and O–H groups in total. The van der Waals surface area contributed by atoms with Crippen molar-refractivity contribution in [2.45, 2.75) is 62.9 Å². The van der Waals surface area contributed by atoms with E-state index >= 15 is 0 Å². The highest BCUT2D eigenvalue weighted by Gasteiger charge is 2.40. The molecule has 0 unspecified atom stereocenters. The van der Waals surface area contributed by atoms with Gasteiger partial charge in [-0.1, -0.05) is 12.1 Å². The third-order valence-electron chi connectivity index (χ3n) is 6.54. The second kappa shape index (κ2) is 8.35. The first-order chi connectivity index (χ1) is 15.4. The lowest BCUT2D eigenvalue weighted by Crippen LogP contribution is -2.53. The van der Waals surface area contributed by atoms with Crippen LogP contribution in [0.3, 0.4) is 0 Å². The van der Waals surface area contributed by atoms with Crippen LogP contribution in [0, 0.1) is 0 Å². The highest BCUT2D eigenvalue weighted by molar-refractivity contribution is 5.78. The molecule has 0 bridgehead atoms. The summed E-state index contributed by atoms with van der Waals surface area (Å²) in [6.07, 6.45) is 4.05. The van der Waals surface area contributed by atoms with E-state index in [0.29, 0.717) is 36.6 Å². The molecule has 0 radical (unpaired) electrons. The molecule has 9 heteroatoms. The van der Waals surface area contributed by atoms with Crippen molar-refractivity contribution in [2.24, 2.45) is 0 Å². The van der Waals surface area contributed by atoms with E-state index in [1.807, 2.05) is 0 Å². The molecule has 5 rings (SSSR count). The Morgan fingerprint density at radius 3 is 2.47 bits per heavy atom. The Labute approximate surface area is 184 Å². The van der Waals surface area contributed by atoms with Gasteiger partial charge in [0.1, 0.15) is 0 Å². The number of hydrogen-bond acceptors (Lipinski definition) is 5. The normalized spacial score (nSPS) is 23.8. The van der Waals surface area contributed by atoms with Crippen LogP contribution in [0.4, 0.5) is 13.2 Å². The number of aromatic nitrogens is 2. The van der Waals surface area contributed by atoms with E-state index in [-0.39, 0.29) is 18.6 Å². The fourth-order valence-electron chi connectivity index (χ4n) is 4.54. The maximum Gasteiger partial charge on any atom is 0.416 e. The number of rotatable bonds is 5. The van der Waals surface area contributed by atoms with Crippen LogP contribution in [0.5, 0.6) is 5.88 Å². The van der Waals surface area contributed by atoms with Crippen LogP contribution < -0.4 is 4.74 Å². The molecule has 3 heterocycles. The molecule has 3 fully saturated rings. The molecule has 1 aliphatic carbocycles. The first-order valence-electron chi connectivity index (χ1n) is 11.0. The first-order valence-corrected chi connectivity index (χ1v) is 11.0. The van der Waals surface area contributed by atoms with Gasteiger partial charge in [0.05, 0.1) is 36.7 Å². The predicted molar refractivity (Wildman–Crippen MR) is 110 cm³/mol. The number of nitrogens with zero attached hydrogens (tertiary/aromatic N) is 4. The van der Waals surface area contributed by atoms with Crippen molar-refractivity contribution < 1.29 is 22.7 Å². The zero-order chi connectivity index (χ0) is 22.3. The summed E-state index contributed by atoms with van der Waals surface area (Å²) in [6, 6.07) is 5.15. The van der Waals surface area contributed by atoms with E-state index in [1.54, 1.807) is 17.3 Å². The molecule has 2 aromatic rings. The summed E-state index contributed by atoms with van der Waals surface area (Å²) in [6.45, 7) is 1.09. The fraction of sp³-hybridized carbons (Fsp3) is 0.522. The minimum Gasteiger partial charge on any atom is -0.457 e. The molecule has 2 atom stereocenters. The van der Waals surface area contributed by atoms with E-state index in [2.05, 4.69) is 14.9 Å². The molecule has 2 saturated heterocycles. The lowest BCUT2D eigenvalue weighted by Gasteiger charge is -2.40. The number of carbonyl (C=O) groups is 1. The van der Waals surface area contributed by atoms with Crippen LogP contribution in [0.15, 0.2) is 36.7 Å². The molecule has 1 aromatic heterocycles. The van der Waals surface area contributed by atoms with Gasteiger partial charge >= 0.3 is 6.18 Å². The standard InChI is InChI=1S/C23H25F3N4O2/c24-23(25,26)17-5-1-15(2-6-17)11-21(31)29-10-9-18-7-8-22(30(18)14-29)32-20-13-27-19(12-28-20)16-3-4-16/h1-2,5-6,12-13,16,18,22H,3-4,7-11,14H2/t18-,22-/m0/s1. The monoisotopic (exact) mass is 446 g/mol. The summed E-state index contributed by atoms with van der Waals surface area (Å²) < 4.78 is 44.3. The Bertz CT molecular complexity index is 961. The predicted octanol–water partition coefficient (Wildman–Crippen LogP) is 3.97. The van der Waals surface area contributed by atoms with Gasteiger partial charge in [0.2, 0.25) is 11.8 Å². The number of halogens is 3. The van der Waals surface area contributed by atoms with E-state index in [4.69, 9.17) is 4.74 Å². The van der Waals surface area contributed by atoms with E-state index in [0.717, 1.165) is 37.1 Å². The zero-order valence-electron chi connectivity index (χ0n) is 17.6. The van der Waals surface area contributed by atoms with E-state index in [1.165, 1.54) is 25.0 Å². The minimum atomic E-state index is -4.38. The van der Waals surface area contributed by atoms with E-state index < -0.39 is 11.7 Å². The van der Waals surface area contributed by atoms with Crippen molar-refractivity contribution in [3.05, 3.63) is 53.5 Å². The summed E-state index contributed by atoms with van der Waals surface area (Å²) >= 11 is 0. The van der Waals surface area contributed by atoms with Crippen molar-refractivity contribution >= 4 is 5.91 Å². The highest BCUT2D eigenvalue weighted by atomic mass is 19.4. The van der Waals surface area contributed by atoms with Gasteiger partial charge in [-0.25, -0.2) is 9.88 Å². The smallest absolute Gasteiger partial charge is 0.416 e. The Balaban J connectivity index is 1.19. The number of amides is 1. The summed E-state index contributed by atoms with van der Waals surface area (Å²) in [5, 5.41) is 0. The van der Waals surface area contributed by atoms with Gasteiger partial charge in [-0.15, -0.1) is 0 Å². The number of benzene rings is 1. The molecule has 6 nitrogen and oxygen atoms in total. The average molecular weight is 446 g/mol. The van der Waals surface area contributed by atoms with Crippen LogP contribution in [-0.4, -0.2) is 51.2 Å². The van der Waals surface area contributed by atoms with Gasteiger partial charge in [0, 0.05) is 18.5 Å². The maximum absolute atomic E-state index is 12.8. The molecule has 1 saturated carbocycles. The fourth-order valence-corrected chi connectivity index (χ4v) is 4.54. The molecule has 1 amide bonds. The molecule has 32 heavy (non-hydrogen) atoms. The van der Waals surface area contributed by atoms with Crippen LogP contribution in [0.1, 0.15) is 54.8 Å².